The largest absolute Gasteiger partial charge is 0.322 e. The summed E-state index contributed by atoms with van der Waals surface area (Å²) < 4.78 is 0. The maximum absolute atomic E-state index is 12.2. The van der Waals surface area contributed by atoms with Crippen LogP contribution in [0.5, 0.6) is 0 Å². The Morgan fingerprint density at radius 3 is 2.42 bits per heavy atom. The SMILES string of the molecule is Cc1cc(C)c(NC(=O)C=Cc2cnc3ccccc3n2)c(C)c1. The lowest BCUT2D eigenvalue weighted by molar-refractivity contribution is -0.111. The van der Waals surface area contributed by atoms with Crippen molar-refractivity contribution in [3.8, 4) is 0 Å². The number of carbonyl (C=O) groups excluding carboxylic acids is 1. The number of nitrogens with zero attached hydrogens (tertiary/aromatic N) is 2. The first-order chi connectivity index (χ1) is 11.5. The average molecular weight is 317 g/mol. The standard InChI is InChI=1S/C20H19N3O/c1-13-10-14(2)20(15(3)11-13)23-19(24)9-8-16-12-21-17-6-4-5-7-18(17)22-16/h4-12H,1-3H3,(H,23,24). The molecule has 3 aromatic rings. The fourth-order valence-corrected chi connectivity index (χ4v) is 2.75. The zero-order valence-electron chi connectivity index (χ0n) is 14.0. The van der Waals surface area contributed by atoms with E-state index in [-0.39, 0.29) is 5.91 Å². The number of para-hydroxylation sites is 2. The molecule has 3 rings (SSSR count). The highest BCUT2D eigenvalue weighted by Gasteiger charge is 2.06. The summed E-state index contributed by atoms with van der Waals surface area (Å²) in [6, 6.07) is 11.8. The van der Waals surface area contributed by atoms with E-state index in [4.69, 9.17) is 0 Å². The molecular weight excluding hydrogens is 298 g/mol. The van der Waals surface area contributed by atoms with Crippen LogP contribution in [-0.2, 0) is 4.79 Å². The Bertz CT molecular complexity index is 922. The molecule has 1 aromatic heterocycles. The fraction of sp³-hybridized carbons (Fsp3) is 0.150. The number of hydrogen-bond donors (Lipinski definition) is 1. The lowest BCUT2D eigenvalue weighted by Gasteiger charge is -2.11. The van der Waals surface area contributed by atoms with E-state index in [0.29, 0.717) is 5.69 Å². The molecule has 1 amide bonds. The highest BCUT2D eigenvalue weighted by atomic mass is 16.1. The maximum Gasteiger partial charge on any atom is 0.248 e. The van der Waals surface area contributed by atoms with Gasteiger partial charge in [-0.2, -0.15) is 0 Å². The number of amides is 1. The molecule has 120 valence electrons. The summed E-state index contributed by atoms with van der Waals surface area (Å²) in [5, 5.41) is 2.94. The third-order valence-electron chi connectivity index (χ3n) is 3.80. The Balaban J connectivity index is 1.77. The second kappa shape index (κ2) is 6.62. The molecule has 0 unspecified atom stereocenters. The molecule has 0 saturated heterocycles. The average Bonchev–Trinajstić information content (AvgIpc) is 2.56. The van der Waals surface area contributed by atoms with Crippen LogP contribution in [0.3, 0.4) is 0 Å². The van der Waals surface area contributed by atoms with Gasteiger partial charge in [0.05, 0.1) is 22.9 Å². The lowest BCUT2D eigenvalue weighted by atomic mass is 10.1. The van der Waals surface area contributed by atoms with Crippen molar-refractivity contribution in [1.82, 2.24) is 9.97 Å². The first-order valence-corrected chi connectivity index (χ1v) is 7.81. The van der Waals surface area contributed by atoms with Gasteiger partial charge in [-0.1, -0.05) is 29.8 Å². The molecule has 4 heteroatoms. The highest BCUT2D eigenvalue weighted by molar-refractivity contribution is 6.02. The molecule has 0 aliphatic heterocycles. The molecule has 0 fully saturated rings. The maximum atomic E-state index is 12.2. The van der Waals surface area contributed by atoms with Crippen molar-refractivity contribution in [2.24, 2.45) is 0 Å². The second-order valence-electron chi connectivity index (χ2n) is 5.88. The van der Waals surface area contributed by atoms with Crippen molar-refractivity contribution in [3.63, 3.8) is 0 Å². The van der Waals surface area contributed by atoms with Gasteiger partial charge in [0.2, 0.25) is 5.91 Å². The number of rotatable bonds is 3. The number of aromatic nitrogens is 2. The number of aryl methyl sites for hydroxylation is 3. The number of nitrogens with one attached hydrogen (secondary N) is 1. The number of anilines is 1. The van der Waals surface area contributed by atoms with Crippen LogP contribution in [0.15, 0.2) is 48.7 Å². The Hall–Kier alpha value is -3.01. The summed E-state index contributed by atoms with van der Waals surface area (Å²) >= 11 is 0. The number of hydrogen-bond acceptors (Lipinski definition) is 3. The van der Waals surface area contributed by atoms with Crippen molar-refractivity contribution in [3.05, 3.63) is 71.1 Å². The molecule has 1 N–H and O–H groups in total. The minimum atomic E-state index is -0.181. The first kappa shape index (κ1) is 15.9. The Kier molecular flexibility index (Phi) is 4.38. The normalized spacial score (nSPS) is 11.1. The van der Waals surface area contributed by atoms with Gasteiger partial charge < -0.3 is 5.32 Å². The van der Waals surface area contributed by atoms with Crippen molar-refractivity contribution in [2.45, 2.75) is 20.8 Å². The van der Waals surface area contributed by atoms with Gasteiger partial charge in [0.15, 0.2) is 0 Å². The summed E-state index contributed by atoms with van der Waals surface area (Å²) in [7, 11) is 0. The summed E-state index contributed by atoms with van der Waals surface area (Å²) in [6.45, 7) is 6.03. The number of fused-ring (bicyclic) bond motifs is 1. The summed E-state index contributed by atoms with van der Waals surface area (Å²) in [6.07, 6.45) is 4.82. The molecule has 0 spiro atoms. The van der Waals surface area contributed by atoms with Crippen molar-refractivity contribution < 1.29 is 4.79 Å². The van der Waals surface area contributed by atoms with Crippen molar-refractivity contribution in [1.29, 1.82) is 0 Å². The van der Waals surface area contributed by atoms with E-state index in [1.54, 1.807) is 12.3 Å². The van der Waals surface area contributed by atoms with E-state index in [1.165, 1.54) is 11.6 Å². The molecule has 0 atom stereocenters. The Morgan fingerprint density at radius 1 is 1.04 bits per heavy atom. The van der Waals surface area contributed by atoms with Gasteiger partial charge in [0.25, 0.3) is 0 Å². The van der Waals surface area contributed by atoms with E-state index >= 15 is 0 Å². The highest BCUT2D eigenvalue weighted by Crippen LogP contribution is 2.21. The monoisotopic (exact) mass is 317 g/mol. The van der Waals surface area contributed by atoms with Gasteiger partial charge in [-0.25, -0.2) is 4.98 Å². The topological polar surface area (TPSA) is 54.9 Å². The molecule has 0 saturated carbocycles. The summed E-state index contributed by atoms with van der Waals surface area (Å²) in [4.78, 5) is 21.0. The van der Waals surface area contributed by atoms with Crippen LogP contribution >= 0.6 is 0 Å². The molecule has 0 aliphatic rings. The predicted molar refractivity (Wildman–Crippen MR) is 97.9 cm³/mol. The van der Waals surface area contributed by atoms with Gasteiger partial charge in [0.1, 0.15) is 0 Å². The molecule has 0 radical (unpaired) electrons. The number of benzene rings is 2. The van der Waals surface area contributed by atoms with Crippen molar-refractivity contribution in [2.75, 3.05) is 5.32 Å². The quantitative estimate of drug-likeness (QED) is 0.736. The third kappa shape index (κ3) is 3.49. The van der Waals surface area contributed by atoms with E-state index in [2.05, 4.69) is 27.4 Å². The zero-order chi connectivity index (χ0) is 17.1. The van der Waals surface area contributed by atoms with Crippen LogP contribution in [0.1, 0.15) is 22.4 Å². The van der Waals surface area contributed by atoms with Crippen LogP contribution < -0.4 is 5.32 Å². The first-order valence-electron chi connectivity index (χ1n) is 7.81. The smallest absolute Gasteiger partial charge is 0.248 e. The second-order valence-corrected chi connectivity index (χ2v) is 5.88. The molecule has 4 nitrogen and oxygen atoms in total. The van der Waals surface area contributed by atoms with E-state index < -0.39 is 0 Å². The lowest BCUT2D eigenvalue weighted by Crippen LogP contribution is -2.10. The van der Waals surface area contributed by atoms with Gasteiger partial charge in [-0.3, -0.25) is 9.78 Å². The molecule has 2 aromatic carbocycles. The van der Waals surface area contributed by atoms with E-state index in [0.717, 1.165) is 27.8 Å². The van der Waals surface area contributed by atoms with Gasteiger partial charge in [-0.05, 0) is 50.1 Å². The van der Waals surface area contributed by atoms with Crippen LogP contribution in [0, 0.1) is 20.8 Å². The molecule has 0 aliphatic carbocycles. The van der Waals surface area contributed by atoms with Gasteiger partial charge >= 0.3 is 0 Å². The minimum absolute atomic E-state index is 0.181. The Labute approximate surface area is 141 Å². The van der Waals surface area contributed by atoms with E-state index in [9.17, 15) is 4.79 Å². The summed E-state index contributed by atoms with van der Waals surface area (Å²) in [5.74, 6) is -0.181. The summed E-state index contributed by atoms with van der Waals surface area (Å²) in [5.41, 5.74) is 6.46. The molecule has 24 heavy (non-hydrogen) atoms. The predicted octanol–water partition coefficient (Wildman–Crippen LogP) is 4.21. The van der Waals surface area contributed by atoms with Crippen LogP contribution in [-0.4, -0.2) is 15.9 Å². The van der Waals surface area contributed by atoms with Crippen LogP contribution in [0.4, 0.5) is 5.69 Å². The molecular formula is C20H19N3O. The third-order valence-corrected chi connectivity index (χ3v) is 3.80. The fourth-order valence-electron chi connectivity index (χ4n) is 2.75. The van der Waals surface area contributed by atoms with Crippen LogP contribution in [0.2, 0.25) is 0 Å². The molecule has 1 heterocycles. The van der Waals surface area contributed by atoms with Gasteiger partial charge in [-0.15, -0.1) is 0 Å². The van der Waals surface area contributed by atoms with Gasteiger partial charge in [0, 0.05) is 11.8 Å². The minimum Gasteiger partial charge on any atom is -0.322 e. The molecule has 0 bridgehead atoms. The Morgan fingerprint density at radius 2 is 1.71 bits per heavy atom. The zero-order valence-corrected chi connectivity index (χ0v) is 14.0. The van der Waals surface area contributed by atoms with Crippen LogP contribution in [0.25, 0.3) is 17.1 Å². The number of carbonyl (C=O) groups is 1. The van der Waals surface area contributed by atoms with Crippen molar-refractivity contribution >= 4 is 28.7 Å². The van der Waals surface area contributed by atoms with E-state index in [1.807, 2.05) is 45.0 Å².